The lowest BCUT2D eigenvalue weighted by Gasteiger charge is -2.20. The highest BCUT2D eigenvalue weighted by atomic mass is 16.5. The van der Waals surface area contributed by atoms with Gasteiger partial charge in [-0.3, -0.25) is 0 Å². The molecule has 1 aromatic carbocycles. The van der Waals surface area contributed by atoms with Gasteiger partial charge >= 0.3 is 0 Å². The van der Waals surface area contributed by atoms with Crippen LogP contribution in [0.15, 0.2) is 23.2 Å². The van der Waals surface area contributed by atoms with Gasteiger partial charge in [-0.2, -0.15) is 0 Å². The summed E-state index contributed by atoms with van der Waals surface area (Å²) in [6.45, 7) is 13.6. The van der Waals surface area contributed by atoms with Crippen molar-refractivity contribution in [3.63, 3.8) is 0 Å². The molecule has 1 rings (SSSR count). The average Bonchev–Trinajstić information content (AvgIpc) is 2.58. The molecule has 1 aromatic rings. The molecule has 0 radical (unpaired) electrons. The number of guanidine groups is 1. The molecule has 1 atom stereocenters. The number of nitrogens with one attached hydrogen (secondary N) is 2. The molecule has 0 heterocycles. The highest BCUT2D eigenvalue weighted by molar-refractivity contribution is 5.79. The van der Waals surface area contributed by atoms with Crippen molar-refractivity contribution >= 4 is 5.96 Å². The van der Waals surface area contributed by atoms with Crippen LogP contribution in [0.4, 0.5) is 0 Å². The zero-order valence-electron chi connectivity index (χ0n) is 17.1. The van der Waals surface area contributed by atoms with Crippen molar-refractivity contribution in [2.24, 2.45) is 16.8 Å². The largest absolute Gasteiger partial charge is 0.494 e. The van der Waals surface area contributed by atoms with E-state index in [1.165, 1.54) is 5.56 Å². The molecule has 148 valence electrons. The van der Waals surface area contributed by atoms with Gasteiger partial charge in [0.25, 0.3) is 0 Å². The van der Waals surface area contributed by atoms with Crippen molar-refractivity contribution in [2.45, 2.75) is 54.0 Å². The lowest BCUT2D eigenvalue weighted by Crippen LogP contribution is -2.40. The van der Waals surface area contributed by atoms with Crippen LogP contribution in [0.25, 0.3) is 0 Å². The monoisotopic (exact) mass is 363 g/mol. The Hall–Kier alpha value is -1.75. The number of nitrogens with zero attached hydrogens (tertiary/aromatic N) is 1. The first-order valence-corrected chi connectivity index (χ1v) is 9.85. The number of benzene rings is 1. The SMILES string of the molecule is CCNC(=NCc1ccc(C)cc1OCC)NCC(CCO)CC(C)C. The number of hydrogen-bond acceptors (Lipinski definition) is 3. The minimum Gasteiger partial charge on any atom is -0.494 e. The lowest BCUT2D eigenvalue weighted by atomic mass is 9.94. The van der Waals surface area contributed by atoms with Crippen LogP contribution < -0.4 is 15.4 Å². The Morgan fingerprint density at radius 3 is 2.62 bits per heavy atom. The van der Waals surface area contributed by atoms with Crippen LogP contribution in [0.1, 0.15) is 51.7 Å². The fourth-order valence-electron chi connectivity index (χ4n) is 2.98. The van der Waals surface area contributed by atoms with Crippen LogP contribution in [0.5, 0.6) is 5.75 Å². The van der Waals surface area contributed by atoms with E-state index in [0.29, 0.717) is 25.0 Å². The van der Waals surface area contributed by atoms with Crippen LogP contribution in [0.3, 0.4) is 0 Å². The van der Waals surface area contributed by atoms with Gasteiger partial charge in [0.15, 0.2) is 5.96 Å². The normalized spacial score (nSPS) is 13.0. The van der Waals surface area contributed by atoms with E-state index in [0.717, 1.165) is 43.2 Å². The van der Waals surface area contributed by atoms with E-state index >= 15 is 0 Å². The zero-order chi connectivity index (χ0) is 19.4. The van der Waals surface area contributed by atoms with E-state index < -0.39 is 0 Å². The summed E-state index contributed by atoms with van der Waals surface area (Å²) in [5.74, 6) is 2.78. The third-order valence-electron chi connectivity index (χ3n) is 4.17. The maximum atomic E-state index is 9.29. The standard InChI is InChI=1S/C21H37N3O2/c1-6-22-21(23-14-18(10-11-25)12-16(3)4)24-15-19-9-8-17(5)13-20(19)26-7-2/h8-9,13,16,18,25H,6-7,10-12,14-15H2,1-5H3,(H2,22,23,24). The molecule has 0 aliphatic carbocycles. The molecule has 0 aromatic heterocycles. The van der Waals surface area contributed by atoms with Gasteiger partial charge in [0.05, 0.1) is 13.2 Å². The second kappa shape index (κ2) is 12.6. The first-order chi connectivity index (χ1) is 12.5. The third kappa shape index (κ3) is 8.56. The van der Waals surface area contributed by atoms with Crippen LogP contribution in [-0.2, 0) is 6.54 Å². The number of rotatable bonds is 11. The second-order valence-electron chi connectivity index (χ2n) is 7.13. The zero-order valence-corrected chi connectivity index (χ0v) is 17.1. The summed E-state index contributed by atoms with van der Waals surface area (Å²) in [5.41, 5.74) is 2.27. The van der Waals surface area contributed by atoms with Crippen LogP contribution >= 0.6 is 0 Å². The summed E-state index contributed by atoms with van der Waals surface area (Å²) in [6.07, 6.45) is 1.91. The van der Waals surface area contributed by atoms with E-state index in [9.17, 15) is 5.11 Å². The van der Waals surface area contributed by atoms with Gasteiger partial charge < -0.3 is 20.5 Å². The molecule has 0 bridgehead atoms. The summed E-state index contributed by atoms with van der Waals surface area (Å²) in [7, 11) is 0. The molecule has 0 saturated carbocycles. The highest BCUT2D eigenvalue weighted by Gasteiger charge is 2.11. The Labute approximate surface area is 159 Å². The fraction of sp³-hybridized carbons (Fsp3) is 0.667. The van der Waals surface area contributed by atoms with E-state index in [1.807, 2.05) is 6.92 Å². The maximum absolute atomic E-state index is 9.29. The minimum atomic E-state index is 0.230. The van der Waals surface area contributed by atoms with Gasteiger partial charge in [-0.15, -0.1) is 0 Å². The molecule has 3 N–H and O–H groups in total. The number of aliphatic hydroxyl groups excluding tert-OH is 1. The fourth-order valence-corrected chi connectivity index (χ4v) is 2.98. The highest BCUT2D eigenvalue weighted by Crippen LogP contribution is 2.21. The quantitative estimate of drug-likeness (QED) is 0.416. The smallest absolute Gasteiger partial charge is 0.191 e. The molecule has 0 fully saturated rings. The van der Waals surface area contributed by atoms with Crippen molar-refractivity contribution < 1.29 is 9.84 Å². The van der Waals surface area contributed by atoms with Crippen molar-refractivity contribution in [3.8, 4) is 5.75 Å². The number of aliphatic hydroxyl groups is 1. The average molecular weight is 364 g/mol. The maximum Gasteiger partial charge on any atom is 0.191 e. The van der Waals surface area contributed by atoms with Crippen molar-refractivity contribution in [1.82, 2.24) is 10.6 Å². The van der Waals surface area contributed by atoms with Gasteiger partial charge in [0.1, 0.15) is 5.75 Å². The summed E-state index contributed by atoms with van der Waals surface area (Å²) in [6, 6.07) is 6.24. The molecular weight excluding hydrogens is 326 g/mol. The third-order valence-corrected chi connectivity index (χ3v) is 4.17. The van der Waals surface area contributed by atoms with Gasteiger partial charge in [-0.05, 0) is 57.1 Å². The molecule has 0 spiro atoms. The number of ether oxygens (including phenoxy) is 1. The molecule has 26 heavy (non-hydrogen) atoms. The lowest BCUT2D eigenvalue weighted by molar-refractivity contribution is 0.243. The molecule has 0 amide bonds. The second-order valence-corrected chi connectivity index (χ2v) is 7.13. The molecular formula is C21H37N3O2. The molecule has 5 heteroatoms. The van der Waals surface area contributed by atoms with Crippen LogP contribution in [-0.4, -0.2) is 37.4 Å². The Morgan fingerprint density at radius 1 is 1.23 bits per heavy atom. The Bertz CT molecular complexity index is 544. The van der Waals surface area contributed by atoms with E-state index in [1.54, 1.807) is 0 Å². The summed E-state index contributed by atoms with van der Waals surface area (Å²) in [5, 5.41) is 16.0. The van der Waals surface area contributed by atoms with E-state index in [-0.39, 0.29) is 6.61 Å². The molecule has 0 saturated heterocycles. The van der Waals surface area contributed by atoms with E-state index in [4.69, 9.17) is 9.73 Å². The molecule has 0 aliphatic heterocycles. The predicted molar refractivity (Wildman–Crippen MR) is 110 cm³/mol. The topological polar surface area (TPSA) is 65.9 Å². The van der Waals surface area contributed by atoms with Gasteiger partial charge in [0, 0.05) is 25.3 Å². The summed E-state index contributed by atoms with van der Waals surface area (Å²) < 4.78 is 5.75. The van der Waals surface area contributed by atoms with Gasteiger partial charge in [-0.25, -0.2) is 4.99 Å². The van der Waals surface area contributed by atoms with Gasteiger partial charge in [-0.1, -0.05) is 26.0 Å². The van der Waals surface area contributed by atoms with Crippen LogP contribution in [0, 0.1) is 18.8 Å². The first-order valence-electron chi connectivity index (χ1n) is 9.85. The predicted octanol–water partition coefficient (Wildman–Crippen LogP) is 3.49. The van der Waals surface area contributed by atoms with Crippen molar-refractivity contribution in [2.75, 3.05) is 26.3 Å². The molecule has 0 aliphatic rings. The molecule has 5 nitrogen and oxygen atoms in total. The van der Waals surface area contributed by atoms with Crippen molar-refractivity contribution in [1.29, 1.82) is 0 Å². The van der Waals surface area contributed by atoms with Crippen LogP contribution in [0.2, 0.25) is 0 Å². The Kier molecular flexibility index (Phi) is 10.8. The number of aryl methyl sites for hydroxylation is 1. The Morgan fingerprint density at radius 2 is 2.00 bits per heavy atom. The van der Waals surface area contributed by atoms with E-state index in [2.05, 4.69) is 56.5 Å². The van der Waals surface area contributed by atoms with Crippen molar-refractivity contribution in [3.05, 3.63) is 29.3 Å². The van der Waals surface area contributed by atoms with Gasteiger partial charge in [0.2, 0.25) is 0 Å². The number of aliphatic imine (C=N–C) groups is 1. The minimum absolute atomic E-state index is 0.230. The summed E-state index contributed by atoms with van der Waals surface area (Å²) in [4.78, 5) is 4.72. The summed E-state index contributed by atoms with van der Waals surface area (Å²) >= 11 is 0. The number of hydrogen-bond donors (Lipinski definition) is 3. The first kappa shape index (κ1) is 22.3. The Balaban J connectivity index is 2.76. The molecule has 1 unspecified atom stereocenters.